The molecule has 82 valence electrons. The van der Waals surface area contributed by atoms with E-state index in [0.29, 0.717) is 10.2 Å². The highest BCUT2D eigenvalue weighted by Gasteiger charge is 2.04. The lowest BCUT2D eigenvalue weighted by molar-refractivity contribution is 0.917. The molecule has 0 aliphatic heterocycles. The molecule has 0 atom stereocenters. The molecule has 2 aromatic rings. The van der Waals surface area contributed by atoms with Crippen LogP contribution < -0.4 is 5.73 Å². The zero-order valence-corrected chi connectivity index (χ0v) is 10.2. The Balaban J connectivity index is 2.27. The Morgan fingerprint density at radius 1 is 1.12 bits per heavy atom. The molecule has 0 aliphatic rings. The van der Waals surface area contributed by atoms with Crippen LogP contribution in [0.2, 0.25) is 10.3 Å². The predicted molar refractivity (Wildman–Crippen MR) is 64.8 cm³/mol. The lowest BCUT2D eigenvalue weighted by atomic mass is 10.4. The van der Waals surface area contributed by atoms with Crippen molar-refractivity contribution in [1.82, 2.24) is 15.0 Å². The predicted octanol–water partition coefficient (Wildman–Crippen LogP) is 2.91. The number of aromatic nitrogens is 3. The maximum Gasteiger partial charge on any atom is 0.228 e. The summed E-state index contributed by atoms with van der Waals surface area (Å²) >= 11 is 12.8. The van der Waals surface area contributed by atoms with Crippen molar-refractivity contribution in [3.63, 3.8) is 0 Å². The van der Waals surface area contributed by atoms with E-state index in [2.05, 4.69) is 15.0 Å². The number of halogens is 2. The third-order valence-corrected chi connectivity index (χ3v) is 2.87. The zero-order chi connectivity index (χ0) is 11.5. The highest BCUT2D eigenvalue weighted by molar-refractivity contribution is 7.99. The zero-order valence-electron chi connectivity index (χ0n) is 7.89. The SMILES string of the molecule is Nc1nc(Cl)nc(Sc2cccc(Cl)c2)n1. The van der Waals surface area contributed by atoms with Crippen molar-refractivity contribution in [1.29, 1.82) is 0 Å². The highest BCUT2D eigenvalue weighted by atomic mass is 35.5. The van der Waals surface area contributed by atoms with E-state index in [9.17, 15) is 0 Å². The number of benzene rings is 1. The first-order valence-electron chi connectivity index (χ1n) is 4.24. The van der Waals surface area contributed by atoms with Gasteiger partial charge in [0.05, 0.1) is 0 Å². The van der Waals surface area contributed by atoms with Gasteiger partial charge in [-0.05, 0) is 41.6 Å². The van der Waals surface area contributed by atoms with Crippen LogP contribution >= 0.6 is 35.0 Å². The number of hydrogen-bond acceptors (Lipinski definition) is 5. The Hall–Kier alpha value is -1.04. The normalized spacial score (nSPS) is 10.4. The molecular formula is C9H6Cl2N4S. The molecule has 7 heteroatoms. The van der Waals surface area contributed by atoms with Crippen LogP contribution in [-0.4, -0.2) is 15.0 Å². The number of rotatable bonds is 2. The van der Waals surface area contributed by atoms with Gasteiger partial charge in [-0.15, -0.1) is 0 Å². The van der Waals surface area contributed by atoms with Gasteiger partial charge in [-0.3, -0.25) is 0 Å². The smallest absolute Gasteiger partial charge is 0.228 e. The van der Waals surface area contributed by atoms with Crippen molar-refractivity contribution >= 4 is 40.9 Å². The van der Waals surface area contributed by atoms with Crippen molar-refractivity contribution in [3.05, 3.63) is 34.6 Å². The molecule has 16 heavy (non-hydrogen) atoms. The van der Waals surface area contributed by atoms with Crippen LogP contribution in [-0.2, 0) is 0 Å². The molecule has 0 radical (unpaired) electrons. The molecule has 2 N–H and O–H groups in total. The van der Waals surface area contributed by atoms with Gasteiger partial charge in [0.2, 0.25) is 11.2 Å². The average molecular weight is 273 g/mol. The second-order valence-electron chi connectivity index (χ2n) is 2.80. The van der Waals surface area contributed by atoms with Gasteiger partial charge >= 0.3 is 0 Å². The van der Waals surface area contributed by atoms with Crippen molar-refractivity contribution in [2.75, 3.05) is 5.73 Å². The molecule has 1 aromatic heterocycles. The van der Waals surface area contributed by atoms with Crippen molar-refractivity contribution < 1.29 is 0 Å². The average Bonchev–Trinajstić information content (AvgIpc) is 2.15. The third-order valence-electron chi connectivity index (χ3n) is 1.61. The van der Waals surface area contributed by atoms with E-state index in [1.807, 2.05) is 12.1 Å². The van der Waals surface area contributed by atoms with E-state index in [1.54, 1.807) is 12.1 Å². The molecule has 0 saturated heterocycles. The number of hydrogen-bond donors (Lipinski definition) is 1. The second kappa shape index (κ2) is 4.86. The van der Waals surface area contributed by atoms with E-state index in [0.717, 1.165) is 4.90 Å². The monoisotopic (exact) mass is 272 g/mol. The van der Waals surface area contributed by atoms with Crippen molar-refractivity contribution in [2.24, 2.45) is 0 Å². The van der Waals surface area contributed by atoms with Crippen molar-refractivity contribution in [3.8, 4) is 0 Å². The van der Waals surface area contributed by atoms with E-state index < -0.39 is 0 Å². The van der Waals surface area contributed by atoms with Gasteiger partial charge < -0.3 is 5.73 Å². The topological polar surface area (TPSA) is 64.7 Å². The second-order valence-corrected chi connectivity index (χ2v) is 4.62. The summed E-state index contributed by atoms with van der Waals surface area (Å²) in [6.45, 7) is 0. The van der Waals surface area contributed by atoms with Crippen LogP contribution in [0.15, 0.2) is 34.3 Å². The van der Waals surface area contributed by atoms with E-state index in [-0.39, 0.29) is 11.2 Å². The van der Waals surface area contributed by atoms with Gasteiger partial charge in [0.15, 0.2) is 5.16 Å². The molecule has 0 spiro atoms. The van der Waals surface area contributed by atoms with Gasteiger partial charge in [0, 0.05) is 9.92 Å². The summed E-state index contributed by atoms with van der Waals surface area (Å²) in [6, 6.07) is 7.34. The Labute approximate surface area is 106 Å². The number of anilines is 1. The van der Waals surface area contributed by atoms with E-state index >= 15 is 0 Å². The molecule has 1 heterocycles. The first-order valence-corrected chi connectivity index (χ1v) is 5.81. The lowest BCUT2D eigenvalue weighted by Crippen LogP contribution is -1.98. The van der Waals surface area contributed by atoms with Crippen LogP contribution in [0.4, 0.5) is 5.95 Å². The minimum absolute atomic E-state index is 0.0806. The molecule has 0 bridgehead atoms. The van der Waals surface area contributed by atoms with Gasteiger partial charge in [-0.2, -0.15) is 15.0 Å². The van der Waals surface area contributed by atoms with Crippen LogP contribution in [0.3, 0.4) is 0 Å². The van der Waals surface area contributed by atoms with Crippen LogP contribution in [0, 0.1) is 0 Å². The fourth-order valence-electron chi connectivity index (χ4n) is 1.03. The summed E-state index contributed by atoms with van der Waals surface area (Å²) in [5, 5.41) is 1.18. The molecule has 2 rings (SSSR count). The molecule has 0 fully saturated rings. The minimum Gasteiger partial charge on any atom is -0.368 e. The Bertz CT molecular complexity index is 500. The van der Waals surface area contributed by atoms with Crippen LogP contribution in [0.1, 0.15) is 0 Å². The largest absolute Gasteiger partial charge is 0.368 e. The highest BCUT2D eigenvalue weighted by Crippen LogP contribution is 2.27. The summed E-state index contributed by atoms with van der Waals surface area (Å²) in [7, 11) is 0. The Morgan fingerprint density at radius 2 is 1.94 bits per heavy atom. The van der Waals surface area contributed by atoms with Gasteiger partial charge in [-0.1, -0.05) is 17.7 Å². The summed E-state index contributed by atoms with van der Waals surface area (Å²) < 4.78 is 0. The maximum atomic E-state index is 5.86. The van der Waals surface area contributed by atoms with E-state index in [1.165, 1.54) is 11.8 Å². The number of nitrogen functional groups attached to an aromatic ring is 1. The summed E-state index contributed by atoms with van der Waals surface area (Å²) in [5.74, 6) is 0.101. The first kappa shape index (κ1) is 11.4. The molecule has 0 aliphatic carbocycles. The first-order chi connectivity index (χ1) is 7.63. The van der Waals surface area contributed by atoms with Crippen molar-refractivity contribution in [2.45, 2.75) is 10.1 Å². The minimum atomic E-state index is 0.0806. The van der Waals surface area contributed by atoms with E-state index in [4.69, 9.17) is 28.9 Å². The standard InChI is InChI=1S/C9H6Cl2N4S/c10-5-2-1-3-6(4-5)16-9-14-7(11)13-8(12)15-9/h1-4H,(H2,12,13,14,15). The molecule has 4 nitrogen and oxygen atoms in total. The number of nitrogens with zero attached hydrogens (tertiary/aromatic N) is 3. The summed E-state index contributed by atoms with van der Waals surface area (Å²) in [6.07, 6.45) is 0. The Kier molecular flexibility index (Phi) is 3.48. The molecule has 0 unspecified atom stereocenters. The van der Waals surface area contributed by atoms with Gasteiger partial charge in [-0.25, -0.2) is 0 Å². The molecular weight excluding hydrogens is 267 g/mol. The van der Waals surface area contributed by atoms with Gasteiger partial charge in [0.25, 0.3) is 0 Å². The van der Waals surface area contributed by atoms with Crippen LogP contribution in [0.5, 0.6) is 0 Å². The fraction of sp³-hybridized carbons (Fsp3) is 0. The molecule has 0 saturated carbocycles. The quantitative estimate of drug-likeness (QED) is 0.911. The van der Waals surface area contributed by atoms with Crippen LogP contribution in [0.25, 0.3) is 0 Å². The van der Waals surface area contributed by atoms with Gasteiger partial charge in [0.1, 0.15) is 0 Å². The molecule has 0 amide bonds. The summed E-state index contributed by atoms with van der Waals surface area (Å²) in [5.41, 5.74) is 5.46. The number of nitrogens with two attached hydrogens (primary N) is 1. The molecule has 1 aromatic carbocycles. The lowest BCUT2D eigenvalue weighted by Gasteiger charge is -2.01. The maximum absolute atomic E-state index is 5.86. The Morgan fingerprint density at radius 3 is 2.62 bits per heavy atom. The summed E-state index contributed by atoms with van der Waals surface area (Å²) in [4.78, 5) is 12.5. The third kappa shape index (κ3) is 2.98. The fourth-order valence-corrected chi connectivity index (χ4v) is 2.31.